The maximum Gasteiger partial charge on any atom is 0.233 e. The molecule has 0 saturated carbocycles. The fourth-order valence-corrected chi connectivity index (χ4v) is 2.62. The Kier molecular flexibility index (Phi) is 4.14. The van der Waals surface area contributed by atoms with Crippen molar-refractivity contribution >= 4 is 22.9 Å². The molecule has 1 saturated heterocycles. The highest BCUT2D eigenvalue weighted by Gasteiger charge is 2.22. The van der Waals surface area contributed by atoms with Crippen LogP contribution in [0.1, 0.15) is 6.92 Å². The molecule has 118 valence electrons. The summed E-state index contributed by atoms with van der Waals surface area (Å²) in [5.41, 5.74) is 1.50. The van der Waals surface area contributed by atoms with E-state index in [0.29, 0.717) is 6.54 Å². The van der Waals surface area contributed by atoms with Gasteiger partial charge in [0.05, 0.1) is 6.54 Å². The molecule has 0 radical (unpaired) electrons. The zero-order chi connectivity index (χ0) is 15.5. The molecule has 3 rings (SSSR count). The standard InChI is InChI=1S/C13H20N8O/c1-3-21-13-11(17-18-21)12(15-9-16-13)20-6-4-19(5-7-20)8-10(22)14-2/h9H,3-8H2,1-2H3,(H,14,22). The summed E-state index contributed by atoms with van der Waals surface area (Å²) >= 11 is 0. The Morgan fingerprint density at radius 1 is 1.27 bits per heavy atom. The van der Waals surface area contributed by atoms with Gasteiger partial charge in [0.2, 0.25) is 5.91 Å². The van der Waals surface area contributed by atoms with E-state index in [9.17, 15) is 4.79 Å². The lowest BCUT2D eigenvalue weighted by molar-refractivity contribution is -0.121. The highest BCUT2D eigenvalue weighted by Crippen LogP contribution is 2.21. The van der Waals surface area contributed by atoms with Gasteiger partial charge in [0.15, 0.2) is 17.0 Å². The number of piperazine rings is 1. The third-order valence-corrected chi connectivity index (χ3v) is 3.90. The maximum atomic E-state index is 11.4. The summed E-state index contributed by atoms with van der Waals surface area (Å²) in [6.07, 6.45) is 1.56. The van der Waals surface area contributed by atoms with Gasteiger partial charge in [0, 0.05) is 39.8 Å². The number of aryl methyl sites for hydroxylation is 1. The van der Waals surface area contributed by atoms with Crippen LogP contribution in [0.25, 0.3) is 11.2 Å². The lowest BCUT2D eigenvalue weighted by Crippen LogP contribution is -2.49. The van der Waals surface area contributed by atoms with E-state index in [1.807, 2.05) is 6.92 Å². The zero-order valence-electron chi connectivity index (χ0n) is 12.9. The van der Waals surface area contributed by atoms with Gasteiger partial charge in [-0.15, -0.1) is 5.10 Å². The predicted molar refractivity (Wildman–Crippen MR) is 81.5 cm³/mol. The molecule has 9 nitrogen and oxygen atoms in total. The number of nitrogens with one attached hydrogen (secondary N) is 1. The van der Waals surface area contributed by atoms with Crippen molar-refractivity contribution < 1.29 is 4.79 Å². The van der Waals surface area contributed by atoms with E-state index in [1.54, 1.807) is 18.1 Å². The first-order valence-corrected chi connectivity index (χ1v) is 7.45. The molecule has 1 amide bonds. The first-order valence-electron chi connectivity index (χ1n) is 7.45. The van der Waals surface area contributed by atoms with Crippen molar-refractivity contribution in [2.45, 2.75) is 13.5 Å². The minimum absolute atomic E-state index is 0.0452. The van der Waals surface area contributed by atoms with E-state index < -0.39 is 0 Å². The molecule has 0 aliphatic carbocycles. The Bertz CT molecular complexity index is 661. The van der Waals surface area contributed by atoms with Crippen LogP contribution in [0.4, 0.5) is 5.82 Å². The molecule has 0 aromatic carbocycles. The number of hydrogen-bond acceptors (Lipinski definition) is 7. The van der Waals surface area contributed by atoms with Gasteiger partial charge >= 0.3 is 0 Å². The average molecular weight is 304 g/mol. The Labute approximate surface area is 128 Å². The van der Waals surface area contributed by atoms with Crippen LogP contribution in [0.5, 0.6) is 0 Å². The summed E-state index contributed by atoms with van der Waals surface area (Å²) in [7, 11) is 1.66. The quantitative estimate of drug-likeness (QED) is 0.783. The normalized spacial score (nSPS) is 16.2. The Hall–Kier alpha value is -2.29. The van der Waals surface area contributed by atoms with E-state index in [2.05, 4.69) is 35.4 Å². The van der Waals surface area contributed by atoms with Crippen LogP contribution in [-0.2, 0) is 11.3 Å². The van der Waals surface area contributed by atoms with Crippen molar-refractivity contribution in [1.82, 2.24) is 35.2 Å². The van der Waals surface area contributed by atoms with Gasteiger partial charge in [-0.2, -0.15) is 0 Å². The lowest BCUT2D eigenvalue weighted by Gasteiger charge is -2.34. The summed E-state index contributed by atoms with van der Waals surface area (Å²) in [5, 5.41) is 11.0. The second-order valence-corrected chi connectivity index (χ2v) is 5.21. The monoisotopic (exact) mass is 304 g/mol. The van der Waals surface area contributed by atoms with Gasteiger partial charge in [-0.3, -0.25) is 9.69 Å². The molecule has 0 unspecified atom stereocenters. The number of nitrogens with zero attached hydrogens (tertiary/aromatic N) is 7. The molecule has 9 heteroatoms. The number of likely N-dealkylation sites (N-methyl/N-ethyl adjacent to an activating group) is 1. The number of anilines is 1. The Balaban J connectivity index is 1.74. The molecule has 1 N–H and O–H groups in total. The van der Waals surface area contributed by atoms with Crippen molar-refractivity contribution in [1.29, 1.82) is 0 Å². The number of hydrogen-bond donors (Lipinski definition) is 1. The third-order valence-electron chi connectivity index (χ3n) is 3.90. The Morgan fingerprint density at radius 3 is 2.73 bits per heavy atom. The van der Waals surface area contributed by atoms with Gasteiger partial charge in [-0.1, -0.05) is 5.21 Å². The van der Waals surface area contributed by atoms with Crippen molar-refractivity contribution in [3.05, 3.63) is 6.33 Å². The molecular weight excluding hydrogens is 284 g/mol. The van der Waals surface area contributed by atoms with Crippen LogP contribution >= 0.6 is 0 Å². The second kappa shape index (κ2) is 6.22. The number of carbonyl (C=O) groups is 1. The summed E-state index contributed by atoms with van der Waals surface area (Å²) < 4.78 is 1.77. The first-order chi connectivity index (χ1) is 10.7. The number of fused-ring (bicyclic) bond motifs is 1. The highest BCUT2D eigenvalue weighted by atomic mass is 16.1. The van der Waals surface area contributed by atoms with Gasteiger partial charge in [0.1, 0.15) is 6.33 Å². The van der Waals surface area contributed by atoms with Crippen LogP contribution in [-0.4, -0.2) is 75.5 Å². The molecule has 1 aliphatic heterocycles. The maximum absolute atomic E-state index is 11.4. The summed E-state index contributed by atoms with van der Waals surface area (Å²) in [6, 6.07) is 0. The van der Waals surface area contributed by atoms with Gasteiger partial charge in [-0.05, 0) is 6.92 Å². The number of aromatic nitrogens is 5. The molecular formula is C13H20N8O. The number of rotatable bonds is 4. The third kappa shape index (κ3) is 2.71. The topological polar surface area (TPSA) is 92.1 Å². The van der Waals surface area contributed by atoms with Crippen molar-refractivity contribution in [2.75, 3.05) is 44.7 Å². The second-order valence-electron chi connectivity index (χ2n) is 5.21. The van der Waals surface area contributed by atoms with Gasteiger partial charge < -0.3 is 10.2 Å². The lowest BCUT2D eigenvalue weighted by atomic mass is 10.3. The fraction of sp³-hybridized carbons (Fsp3) is 0.615. The molecule has 0 bridgehead atoms. The van der Waals surface area contributed by atoms with E-state index >= 15 is 0 Å². The smallest absolute Gasteiger partial charge is 0.233 e. The largest absolute Gasteiger partial charge is 0.358 e. The predicted octanol–water partition coefficient (Wildman–Crippen LogP) is -0.891. The molecule has 0 atom stereocenters. The van der Waals surface area contributed by atoms with Crippen molar-refractivity contribution in [2.24, 2.45) is 0 Å². The van der Waals surface area contributed by atoms with E-state index in [-0.39, 0.29) is 5.91 Å². The van der Waals surface area contributed by atoms with Gasteiger partial charge in [0.25, 0.3) is 0 Å². The molecule has 3 heterocycles. The highest BCUT2D eigenvalue weighted by molar-refractivity contribution is 5.82. The van der Waals surface area contributed by atoms with E-state index in [0.717, 1.165) is 49.7 Å². The fourth-order valence-electron chi connectivity index (χ4n) is 2.62. The average Bonchev–Trinajstić information content (AvgIpc) is 2.98. The number of amides is 1. The molecule has 0 spiro atoms. The van der Waals surface area contributed by atoms with Crippen molar-refractivity contribution in [3.63, 3.8) is 0 Å². The minimum Gasteiger partial charge on any atom is -0.358 e. The van der Waals surface area contributed by atoms with E-state index in [4.69, 9.17) is 0 Å². The van der Waals surface area contributed by atoms with E-state index in [1.165, 1.54) is 0 Å². The first kappa shape index (κ1) is 14.6. The molecule has 2 aromatic rings. The molecule has 22 heavy (non-hydrogen) atoms. The Morgan fingerprint density at radius 2 is 2.05 bits per heavy atom. The number of carbonyl (C=O) groups excluding carboxylic acids is 1. The summed E-state index contributed by atoms with van der Waals surface area (Å²) in [4.78, 5) is 24.4. The van der Waals surface area contributed by atoms with Crippen LogP contribution in [0, 0.1) is 0 Å². The molecule has 1 aliphatic rings. The van der Waals surface area contributed by atoms with Crippen LogP contribution < -0.4 is 10.2 Å². The summed E-state index contributed by atoms with van der Waals surface area (Å²) in [6.45, 7) is 6.43. The van der Waals surface area contributed by atoms with Gasteiger partial charge in [-0.25, -0.2) is 14.6 Å². The SMILES string of the molecule is CCn1nnc2c(N3CCN(CC(=O)NC)CC3)ncnc21. The van der Waals surface area contributed by atoms with Crippen molar-refractivity contribution in [3.8, 4) is 0 Å². The zero-order valence-corrected chi connectivity index (χ0v) is 12.9. The van der Waals surface area contributed by atoms with Crippen LogP contribution in [0.15, 0.2) is 6.33 Å². The molecule has 1 fully saturated rings. The minimum atomic E-state index is 0.0452. The molecule has 2 aromatic heterocycles. The summed E-state index contributed by atoms with van der Waals surface area (Å²) in [5.74, 6) is 0.869. The van der Waals surface area contributed by atoms with Crippen LogP contribution in [0.2, 0.25) is 0 Å². The van der Waals surface area contributed by atoms with Crippen LogP contribution in [0.3, 0.4) is 0 Å².